The molecule has 1 aromatic heterocycles. The fourth-order valence-electron chi connectivity index (χ4n) is 9.51. The summed E-state index contributed by atoms with van der Waals surface area (Å²) in [6.45, 7) is 0. The minimum atomic E-state index is 0.859. The molecular weight excluding hydrogens is 751 g/mol. The zero-order chi connectivity index (χ0) is 41.0. The van der Waals surface area contributed by atoms with Crippen LogP contribution in [0.3, 0.4) is 0 Å². The summed E-state index contributed by atoms with van der Waals surface area (Å²) in [5, 5.41) is 9.49. The van der Waals surface area contributed by atoms with Crippen molar-refractivity contribution in [2.45, 2.75) is 0 Å². The summed E-state index contributed by atoms with van der Waals surface area (Å²) in [4.78, 5) is 2.42. The van der Waals surface area contributed by atoms with Gasteiger partial charge in [-0.1, -0.05) is 188 Å². The second-order valence-corrected chi connectivity index (χ2v) is 16.0. The third kappa shape index (κ3) is 6.04. The van der Waals surface area contributed by atoms with E-state index in [4.69, 9.17) is 4.42 Å². The summed E-state index contributed by atoms with van der Waals surface area (Å²) in [6, 6.07) is 85.4. The van der Waals surface area contributed by atoms with E-state index in [2.05, 4.69) is 241 Å². The van der Waals surface area contributed by atoms with Gasteiger partial charge in [0.1, 0.15) is 11.2 Å². The van der Waals surface area contributed by atoms with E-state index in [1.807, 2.05) is 0 Å². The molecule has 0 spiro atoms. The summed E-state index contributed by atoms with van der Waals surface area (Å²) >= 11 is 0. The molecule has 12 rings (SSSR count). The predicted molar refractivity (Wildman–Crippen MR) is 263 cm³/mol. The highest BCUT2D eigenvalue weighted by Crippen LogP contribution is 2.48. The van der Waals surface area contributed by atoms with Crippen LogP contribution in [0.25, 0.3) is 98.8 Å². The van der Waals surface area contributed by atoms with E-state index in [0.717, 1.165) is 66.8 Å². The Kier molecular flexibility index (Phi) is 8.53. The first-order valence-corrected chi connectivity index (χ1v) is 21.2. The van der Waals surface area contributed by atoms with Gasteiger partial charge < -0.3 is 9.32 Å². The molecule has 290 valence electrons. The Morgan fingerprint density at radius 2 is 0.839 bits per heavy atom. The Morgan fingerprint density at radius 1 is 0.290 bits per heavy atom. The first-order chi connectivity index (χ1) is 30.7. The monoisotopic (exact) mass is 789 g/mol. The van der Waals surface area contributed by atoms with E-state index in [0.29, 0.717) is 0 Å². The SMILES string of the molecule is c1ccc(-c2ccc(-c3cccc(N(c4cccc(-c5cccc6ccccc56)c4)c4ccc(-c5cc6ccccc6c6ccccc56)c5oc6ccccc6c45)c3)cc2)cc1. The summed E-state index contributed by atoms with van der Waals surface area (Å²) in [6.07, 6.45) is 0. The van der Waals surface area contributed by atoms with Gasteiger partial charge in [0.05, 0.1) is 11.1 Å². The summed E-state index contributed by atoms with van der Waals surface area (Å²) < 4.78 is 7.02. The lowest BCUT2D eigenvalue weighted by atomic mass is 9.92. The highest BCUT2D eigenvalue weighted by Gasteiger charge is 2.24. The van der Waals surface area contributed by atoms with Gasteiger partial charge in [0.25, 0.3) is 0 Å². The van der Waals surface area contributed by atoms with E-state index in [-0.39, 0.29) is 0 Å². The Hall–Kier alpha value is -8.20. The van der Waals surface area contributed by atoms with Gasteiger partial charge in [0, 0.05) is 22.3 Å². The molecular formula is C60H39NO. The number of nitrogens with zero attached hydrogens (tertiary/aromatic N) is 1. The van der Waals surface area contributed by atoms with Crippen molar-refractivity contribution in [1.82, 2.24) is 0 Å². The maximum Gasteiger partial charge on any atom is 0.145 e. The Balaban J connectivity index is 1.10. The molecule has 0 amide bonds. The van der Waals surface area contributed by atoms with Gasteiger partial charge in [0.15, 0.2) is 0 Å². The average molecular weight is 790 g/mol. The van der Waals surface area contributed by atoms with Crippen molar-refractivity contribution in [2.24, 2.45) is 0 Å². The lowest BCUT2D eigenvalue weighted by Crippen LogP contribution is -2.11. The molecule has 0 N–H and O–H groups in total. The van der Waals surface area contributed by atoms with Gasteiger partial charge in [-0.15, -0.1) is 0 Å². The van der Waals surface area contributed by atoms with Gasteiger partial charge in [-0.05, 0) is 120 Å². The van der Waals surface area contributed by atoms with Gasteiger partial charge in [-0.2, -0.15) is 0 Å². The van der Waals surface area contributed by atoms with Crippen LogP contribution in [0, 0.1) is 0 Å². The van der Waals surface area contributed by atoms with Crippen molar-refractivity contribution >= 4 is 71.3 Å². The van der Waals surface area contributed by atoms with E-state index in [9.17, 15) is 0 Å². The third-order valence-electron chi connectivity index (χ3n) is 12.4. The molecule has 0 bridgehead atoms. The fourth-order valence-corrected chi connectivity index (χ4v) is 9.51. The minimum Gasteiger partial charge on any atom is -0.455 e. The molecule has 0 fully saturated rings. The number of para-hydroxylation sites is 1. The van der Waals surface area contributed by atoms with Gasteiger partial charge in [-0.25, -0.2) is 0 Å². The normalized spacial score (nSPS) is 11.5. The first kappa shape index (κ1) is 35.7. The molecule has 11 aromatic carbocycles. The molecule has 1 heterocycles. The lowest BCUT2D eigenvalue weighted by Gasteiger charge is -2.28. The molecule has 0 radical (unpaired) electrons. The smallest absolute Gasteiger partial charge is 0.145 e. The molecule has 0 atom stereocenters. The molecule has 2 heteroatoms. The van der Waals surface area contributed by atoms with Crippen LogP contribution in [0.1, 0.15) is 0 Å². The van der Waals surface area contributed by atoms with Crippen LogP contribution < -0.4 is 4.90 Å². The maximum atomic E-state index is 7.02. The average Bonchev–Trinajstić information content (AvgIpc) is 3.74. The van der Waals surface area contributed by atoms with Crippen LogP contribution in [0.5, 0.6) is 0 Å². The highest BCUT2D eigenvalue weighted by molar-refractivity contribution is 6.21. The van der Waals surface area contributed by atoms with Crippen molar-refractivity contribution in [3.63, 3.8) is 0 Å². The fraction of sp³-hybridized carbons (Fsp3) is 0. The standard InChI is InChI=1S/C60H39NO/c1-2-15-40(16-3-1)41-31-33-42(34-32-41)44-20-12-22-47(37-44)61(48-23-13-21-45(38-48)50-29-14-19-43-17-4-6-24-49(43)50)57-36-35-54(60-59(57)55-28-10-11-30-58(55)62-60)56-39-46-18-5-7-25-51(46)52-26-8-9-27-53(52)56/h1-39H. The zero-order valence-corrected chi connectivity index (χ0v) is 33.9. The second-order valence-electron chi connectivity index (χ2n) is 16.0. The van der Waals surface area contributed by atoms with Crippen molar-refractivity contribution in [3.05, 3.63) is 237 Å². The number of rotatable bonds is 7. The van der Waals surface area contributed by atoms with Crippen molar-refractivity contribution < 1.29 is 4.42 Å². The highest BCUT2D eigenvalue weighted by atomic mass is 16.3. The van der Waals surface area contributed by atoms with Crippen molar-refractivity contribution in [1.29, 1.82) is 0 Å². The van der Waals surface area contributed by atoms with Crippen LogP contribution in [-0.4, -0.2) is 0 Å². The number of hydrogen-bond donors (Lipinski definition) is 0. The summed E-state index contributed by atoms with van der Waals surface area (Å²) in [5.74, 6) is 0. The molecule has 0 aliphatic heterocycles. The molecule has 0 unspecified atom stereocenters. The molecule has 0 aliphatic carbocycles. The van der Waals surface area contributed by atoms with Crippen LogP contribution in [-0.2, 0) is 0 Å². The van der Waals surface area contributed by atoms with E-state index in [1.54, 1.807) is 0 Å². The van der Waals surface area contributed by atoms with Gasteiger partial charge in [-0.3, -0.25) is 0 Å². The van der Waals surface area contributed by atoms with Gasteiger partial charge >= 0.3 is 0 Å². The summed E-state index contributed by atoms with van der Waals surface area (Å²) in [7, 11) is 0. The molecule has 62 heavy (non-hydrogen) atoms. The number of anilines is 3. The minimum absolute atomic E-state index is 0.859. The second kappa shape index (κ2) is 14.8. The van der Waals surface area contributed by atoms with Crippen molar-refractivity contribution in [2.75, 3.05) is 4.90 Å². The number of furan rings is 1. The molecule has 12 aromatic rings. The van der Waals surface area contributed by atoms with E-state index < -0.39 is 0 Å². The zero-order valence-electron chi connectivity index (χ0n) is 33.9. The topological polar surface area (TPSA) is 16.4 Å². The molecule has 2 nitrogen and oxygen atoms in total. The lowest BCUT2D eigenvalue weighted by molar-refractivity contribution is 0.670. The third-order valence-corrected chi connectivity index (χ3v) is 12.4. The Labute approximate surface area is 360 Å². The van der Waals surface area contributed by atoms with E-state index >= 15 is 0 Å². The number of fused-ring (bicyclic) bond motifs is 7. The van der Waals surface area contributed by atoms with E-state index in [1.165, 1.54) is 49.0 Å². The molecule has 0 saturated carbocycles. The largest absolute Gasteiger partial charge is 0.455 e. The van der Waals surface area contributed by atoms with Crippen LogP contribution in [0.2, 0.25) is 0 Å². The maximum absolute atomic E-state index is 7.02. The first-order valence-electron chi connectivity index (χ1n) is 21.2. The summed E-state index contributed by atoms with van der Waals surface area (Å²) in [5.41, 5.74) is 14.2. The molecule has 0 aliphatic rings. The van der Waals surface area contributed by atoms with Gasteiger partial charge in [0.2, 0.25) is 0 Å². The Bertz CT molecular complexity index is 3630. The number of hydrogen-bond acceptors (Lipinski definition) is 2. The predicted octanol–water partition coefficient (Wildman–Crippen LogP) is 17.2. The van der Waals surface area contributed by atoms with Crippen LogP contribution in [0.4, 0.5) is 17.1 Å². The Morgan fingerprint density at radius 3 is 1.63 bits per heavy atom. The molecule has 0 saturated heterocycles. The quantitative estimate of drug-likeness (QED) is 0.150. The van der Waals surface area contributed by atoms with Crippen molar-refractivity contribution in [3.8, 4) is 44.5 Å². The number of benzene rings is 11. The van der Waals surface area contributed by atoms with Crippen LogP contribution >= 0.6 is 0 Å². The van der Waals surface area contributed by atoms with Crippen LogP contribution in [0.15, 0.2) is 241 Å².